The van der Waals surface area contributed by atoms with Gasteiger partial charge in [0, 0.05) is 38.8 Å². The van der Waals surface area contributed by atoms with Gasteiger partial charge in [0.2, 0.25) is 0 Å². The number of hydrogen-bond acceptors (Lipinski definition) is 4. The van der Waals surface area contributed by atoms with E-state index in [9.17, 15) is 0 Å². The highest BCUT2D eigenvalue weighted by Gasteiger charge is 2.31. The second kappa shape index (κ2) is 6.85. The van der Waals surface area contributed by atoms with Crippen LogP contribution in [0.5, 0.6) is 0 Å². The van der Waals surface area contributed by atoms with Crippen molar-refractivity contribution in [2.24, 2.45) is 11.8 Å². The van der Waals surface area contributed by atoms with Crippen molar-refractivity contribution in [1.82, 2.24) is 10.2 Å². The summed E-state index contributed by atoms with van der Waals surface area (Å²) in [7, 11) is 3.91. The van der Waals surface area contributed by atoms with Crippen LogP contribution in [0.3, 0.4) is 0 Å². The van der Waals surface area contributed by atoms with E-state index in [1.54, 1.807) is 0 Å². The van der Waals surface area contributed by atoms with E-state index in [0.29, 0.717) is 24.0 Å². The summed E-state index contributed by atoms with van der Waals surface area (Å²) >= 11 is 0. The number of rotatable bonds is 4. The van der Waals surface area contributed by atoms with Gasteiger partial charge in [0.05, 0.1) is 12.7 Å². The predicted molar refractivity (Wildman–Crippen MR) is 72.8 cm³/mol. The molecular formula is C14H28N2O2. The number of ether oxygens (including phenoxy) is 2. The van der Waals surface area contributed by atoms with E-state index in [1.807, 2.05) is 7.11 Å². The van der Waals surface area contributed by atoms with Gasteiger partial charge < -0.3 is 19.7 Å². The average Bonchev–Trinajstić information content (AvgIpc) is 2.41. The zero-order valence-electron chi connectivity index (χ0n) is 12.0. The Kier molecular flexibility index (Phi) is 5.42. The predicted octanol–water partition coefficient (Wildman–Crippen LogP) is 0.968. The quantitative estimate of drug-likeness (QED) is 0.812. The third-order valence-electron chi connectivity index (χ3n) is 4.61. The maximum absolute atomic E-state index is 5.63. The van der Waals surface area contributed by atoms with Gasteiger partial charge in [-0.15, -0.1) is 0 Å². The highest BCUT2D eigenvalue weighted by molar-refractivity contribution is 4.85. The molecule has 2 aliphatic rings. The van der Waals surface area contributed by atoms with Gasteiger partial charge in [-0.3, -0.25) is 0 Å². The first-order valence-electron chi connectivity index (χ1n) is 7.24. The van der Waals surface area contributed by atoms with Gasteiger partial charge in [0.15, 0.2) is 0 Å². The fraction of sp³-hybridized carbons (Fsp3) is 1.00. The summed E-state index contributed by atoms with van der Waals surface area (Å²) < 4.78 is 11.2. The molecule has 2 aliphatic heterocycles. The molecule has 2 fully saturated rings. The van der Waals surface area contributed by atoms with Gasteiger partial charge in [-0.2, -0.15) is 0 Å². The van der Waals surface area contributed by atoms with E-state index in [1.165, 1.54) is 13.0 Å². The van der Waals surface area contributed by atoms with Crippen LogP contribution >= 0.6 is 0 Å². The molecule has 0 amide bonds. The minimum atomic E-state index is 0.399. The van der Waals surface area contributed by atoms with Crippen molar-refractivity contribution in [1.29, 1.82) is 0 Å². The van der Waals surface area contributed by atoms with Crippen molar-refractivity contribution in [3.63, 3.8) is 0 Å². The topological polar surface area (TPSA) is 33.7 Å². The van der Waals surface area contributed by atoms with Crippen molar-refractivity contribution in [2.45, 2.75) is 31.9 Å². The molecule has 2 rings (SSSR count). The third-order valence-corrected chi connectivity index (χ3v) is 4.61. The first-order valence-corrected chi connectivity index (χ1v) is 7.24. The monoisotopic (exact) mass is 256 g/mol. The van der Waals surface area contributed by atoms with Gasteiger partial charge in [-0.1, -0.05) is 6.92 Å². The van der Waals surface area contributed by atoms with Gasteiger partial charge in [-0.05, 0) is 32.4 Å². The normalized spacial score (nSPS) is 38.8. The van der Waals surface area contributed by atoms with E-state index in [2.05, 4.69) is 24.2 Å². The highest BCUT2D eigenvalue weighted by atomic mass is 16.5. The molecule has 0 aliphatic carbocycles. The third kappa shape index (κ3) is 3.44. The average molecular weight is 256 g/mol. The van der Waals surface area contributed by atoms with Crippen molar-refractivity contribution >= 4 is 0 Å². The zero-order chi connectivity index (χ0) is 13.0. The molecule has 1 N–H and O–H groups in total. The molecule has 0 aromatic carbocycles. The van der Waals surface area contributed by atoms with Crippen molar-refractivity contribution in [3.05, 3.63) is 0 Å². The van der Waals surface area contributed by atoms with Crippen molar-refractivity contribution < 1.29 is 9.47 Å². The van der Waals surface area contributed by atoms with Crippen LogP contribution < -0.4 is 5.32 Å². The zero-order valence-corrected chi connectivity index (χ0v) is 12.0. The maximum atomic E-state index is 5.63. The number of nitrogens with one attached hydrogen (secondary N) is 1. The Morgan fingerprint density at radius 2 is 2.22 bits per heavy atom. The van der Waals surface area contributed by atoms with Gasteiger partial charge in [-0.25, -0.2) is 0 Å². The molecule has 106 valence electrons. The van der Waals surface area contributed by atoms with Crippen LogP contribution in [0.4, 0.5) is 0 Å². The molecule has 4 heteroatoms. The molecule has 0 radical (unpaired) electrons. The second-order valence-electron chi connectivity index (χ2n) is 5.82. The van der Waals surface area contributed by atoms with Gasteiger partial charge >= 0.3 is 0 Å². The van der Waals surface area contributed by atoms with Crippen molar-refractivity contribution in [3.8, 4) is 0 Å². The molecule has 0 spiro atoms. The number of likely N-dealkylation sites (tertiary alicyclic amines) is 1. The van der Waals surface area contributed by atoms with Gasteiger partial charge in [0.1, 0.15) is 0 Å². The van der Waals surface area contributed by atoms with Crippen LogP contribution in [0, 0.1) is 11.8 Å². The lowest BCUT2D eigenvalue weighted by molar-refractivity contribution is -0.0282. The maximum Gasteiger partial charge on any atom is 0.0724 e. The minimum absolute atomic E-state index is 0.399. The molecule has 0 saturated carbocycles. The van der Waals surface area contributed by atoms with E-state index in [-0.39, 0.29) is 0 Å². The van der Waals surface area contributed by atoms with Gasteiger partial charge in [0.25, 0.3) is 0 Å². The Bertz CT molecular complexity index is 250. The molecule has 2 saturated heterocycles. The molecule has 18 heavy (non-hydrogen) atoms. The smallest absolute Gasteiger partial charge is 0.0724 e. The molecular weight excluding hydrogens is 228 g/mol. The number of hydrogen-bond donors (Lipinski definition) is 1. The number of methoxy groups -OCH3 is 1. The Hall–Kier alpha value is -0.160. The summed E-state index contributed by atoms with van der Waals surface area (Å²) in [5.41, 5.74) is 0. The summed E-state index contributed by atoms with van der Waals surface area (Å²) in [6.45, 7) is 7.51. The summed E-state index contributed by atoms with van der Waals surface area (Å²) in [5.74, 6) is 1.31. The van der Waals surface area contributed by atoms with Crippen LogP contribution in [0.2, 0.25) is 0 Å². The lowest BCUT2D eigenvalue weighted by Gasteiger charge is -2.40. The standard InChI is InChI=1S/C14H28N2O2/c1-11-4-6-16(9-14(11)17-3)8-12-10-18-7-5-13(12)15-2/h11-15H,4-10H2,1-3H3. The SMILES string of the molecule is CNC1CCOCC1CN1CCC(C)C(OC)C1. The molecule has 4 unspecified atom stereocenters. The van der Waals surface area contributed by atoms with E-state index >= 15 is 0 Å². The van der Waals surface area contributed by atoms with Crippen LogP contribution in [-0.4, -0.2) is 64.1 Å². The lowest BCUT2D eigenvalue weighted by Crippen LogP contribution is -2.51. The second-order valence-corrected chi connectivity index (χ2v) is 5.82. The summed E-state index contributed by atoms with van der Waals surface area (Å²) in [5, 5.41) is 3.44. The highest BCUT2D eigenvalue weighted by Crippen LogP contribution is 2.22. The molecule has 4 atom stereocenters. The Balaban J connectivity index is 1.84. The first-order chi connectivity index (χ1) is 8.74. The minimum Gasteiger partial charge on any atom is -0.381 e. The molecule has 0 aromatic heterocycles. The van der Waals surface area contributed by atoms with E-state index in [4.69, 9.17) is 9.47 Å². The fourth-order valence-electron chi connectivity index (χ4n) is 3.26. The van der Waals surface area contributed by atoms with Crippen LogP contribution in [0.1, 0.15) is 19.8 Å². The number of nitrogens with zero attached hydrogens (tertiary/aromatic N) is 1. The lowest BCUT2D eigenvalue weighted by atomic mass is 9.92. The summed E-state index contributed by atoms with van der Waals surface area (Å²) in [6.07, 6.45) is 2.78. The fourth-order valence-corrected chi connectivity index (χ4v) is 3.26. The molecule has 0 bridgehead atoms. The van der Waals surface area contributed by atoms with E-state index < -0.39 is 0 Å². The van der Waals surface area contributed by atoms with Crippen LogP contribution in [-0.2, 0) is 9.47 Å². The largest absolute Gasteiger partial charge is 0.381 e. The first kappa shape index (κ1) is 14.3. The molecule has 4 nitrogen and oxygen atoms in total. The Labute approximate surface area is 111 Å². The summed E-state index contributed by atoms with van der Waals surface area (Å²) in [6, 6.07) is 0.610. The Morgan fingerprint density at radius 1 is 1.39 bits per heavy atom. The van der Waals surface area contributed by atoms with Crippen LogP contribution in [0.25, 0.3) is 0 Å². The van der Waals surface area contributed by atoms with E-state index in [0.717, 1.165) is 32.7 Å². The Morgan fingerprint density at radius 3 is 2.94 bits per heavy atom. The molecule has 0 aromatic rings. The molecule has 2 heterocycles. The number of piperidine rings is 1. The van der Waals surface area contributed by atoms with Crippen LogP contribution in [0.15, 0.2) is 0 Å². The van der Waals surface area contributed by atoms with Crippen molar-refractivity contribution in [2.75, 3.05) is 47.0 Å². The summed E-state index contributed by atoms with van der Waals surface area (Å²) in [4.78, 5) is 2.55.